The molecule has 0 aliphatic carbocycles. The van der Waals surface area contributed by atoms with Crippen LogP contribution in [0, 0.1) is 6.92 Å². The average molecular weight is 451 g/mol. The van der Waals surface area contributed by atoms with Crippen LogP contribution in [0.15, 0.2) is 53.1 Å². The first-order valence-corrected chi connectivity index (χ1v) is 11.3. The number of carbonyl (C=O) groups excluding carboxylic acids is 1. The standard InChI is InChI=1S/C25H30N4O4/c1-18-27-24(28-33-18)17-32-22-12-8-20(9-13-22)25(30)26-16-23(29-14-4-3-5-15-29)19-6-10-21(31-2)11-7-19/h6-13,23H,3-5,14-17H2,1-2H3,(H,26,30). The Kier molecular flexibility index (Phi) is 7.57. The summed E-state index contributed by atoms with van der Waals surface area (Å²) >= 11 is 0. The summed E-state index contributed by atoms with van der Waals surface area (Å²) in [5, 5.41) is 6.92. The second-order valence-corrected chi connectivity index (χ2v) is 8.14. The van der Waals surface area contributed by atoms with Crippen LogP contribution >= 0.6 is 0 Å². The molecule has 1 atom stereocenters. The van der Waals surface area contributed by atoms with Crippen molar-refractivity contribution < 1.29 is 18.8 Å². The van der Waals surface area contributed by atoms with E-state index in [1.165, 1.54) is 24.8 Å². The number of methoxy groups -OCH3 is 1. The van der Waals surface area contributed by atoms with Gasteiger partial charge in [-0.3, -0.25) is 9.69 Å². The van der Waals surface area contributed by atoms with Crippen molar-refractivity contribution in [3.63, 3.8) is 0 Å². The quantitative estimate of drug-likeness (QED) is 0.528. The first-order chi connectivity index (χ1) is 16.1. The molecule has 0 spiro atoms. The van der Waals surface area contributed by atoms with Gasteiger partial charge in [0.1, 0.15) is 11.5 Å². The van der Waals surface area contributed by atoms with Gasteiger partial charge in [-0.1, -0.05) is 23.7 Å². The lowest BCUT2D eigenvalue weighted by Gasteiger charge is -2.35. The van der Waals surface area contributed by atoms with Crippen LogP contribution < -0.4 is 14.8 Å². The minimum absolute atomic E-state index is 0.106. The van der Waals surface area contributed by atoms with Gasteiger partial charge in [-0.2, -0.15) is 4.98 Å². The molecule has 1 amide bonds. The minimum atomic E-state index is -0.106. The van der Waals surface area contributed by atoms with Crippen LogP contribution in [-0.4, -0.2) is 47.7 Å². The summed E-state index contributed by atoms with van der Waals surface area (Å²) in [6, 6.07) is 15.3. The van der Waals surface area contributed by atoms with Gasteiger partial charge in [-0.05, 0) is 67.9 Å². The Labute approximate surface area is 193 Å². The number of hydrogen-bond acceptors (Lipinski definition) is 7. The highest BCUT2D eigenvalue weighted by Gasteiger charge is 2.23. The van der Waals surface area contributed by atoms with Gasteiger partial charge in [0.15, 0.2) is 6.61 Å². The second kappa shape index (κ2) is 11.0. The second-order valence-electron chi connectivity index (χ2n) is 8.14. The predicted octanol–water partition coefficient (Wildman–Crippen LogP) is 3.92. The van der Waals surface area contributed by atoms with E-state index in [0.29, 0.717) is 29.6 Å². The molecular formula is C25H30N4O4. The highest BCUT2D eigenvalue weighted by atomic mass is 16.5. The van der Waals surface area contributed by atoms with Crippen LogP contribution in [0.5, 0.6) is 11.5 Å². The molecule has 1 aliphatic heterocycles. The third-order valence-corrected chi connectivity index (χ3v) is 5.84. The maximum Gasteiger partial charge on any atom is 0.251 e. The van der Waals surface area contributed by atoms with E-state index < -0.39 is 0 Å². The number of piperidine rings is 1. The summed E-state index contributed by atoms with van der Waals surface area (Å²) < 4.78 is 15.9. The van der Waals surface area contributed by atoms with Crippen LogP contribution in [0.2, 0.25) is 0 Å². The van der Waals surface area contributed by atoms with Crippen molar-refractivity contribution in [3.05, 3.63) is 71.4 Å². The molecule has 1 aliphatic rings. The van der Waals surface area contributed by atoms with E-state index in [9.17, 15) is 4.79 Å². The summed E-state index contributed by atoms with van der Waals surface area (Å²) in [5.41, 5.74) is 1.77. The maximum atomic E-state index is 12.8. The summed E-state index contributed by atoms with van der Waals surface area (Å²) in [5.74, 6) is 2.34. The Morgan fingerprint density at radius 2 is 1.76 bits per heavy atom. The minimum Gasteiger partial charge on any atom is -0.497 e. The number of carbonyl (C=O) groups is 1. The van der Waals surface area contributed by atoms with E-state index in [1.54, 1.807) is 38.3 Å². The van der Waals surface area contributed by atoms with E-state index in [1.807, 2.05) is 12.1 Å². The number of hydrogen-bond donors (Lipinski definition) is 1. The Morgan fingerprint density at radius 1 is 1.06 bits per heavy atom. The Balaban J connectivity index is 1.36. The zero-order chi connectivity index (χ0) is 23.0. The van der Waals surface area contributed by atoms with E-state index in [2.05, 4.69) is 32.5 Å². The van der Waals surface area contributed by atoms with Crippen molar-refractivity contribution in [2.75, 3.05) is 26.7 Å². The van der Waals surface area contributed by atoms with Gasteiger partial charge >= 0.3 is 0 Å². The Hall–Kier alpha value is -3.39. The summed E-state index contributed by atoms with van der Waals surface area (Å²) in [7, 11) is 1.67. The van der Waals surface area contributed by atoms with Gasteiger partial charge < -0.3 is 19.3 Å². The molecule has 0 bridgehead atoms. The molecular weight excluding hydrogens is 420 g/mol. The molecule has 1 N–H and O–H groups in total. The van der Waals surface area contributed by atoms with Crippen molar-refractivity contribution in [1.82, 2.24) is 20.4 Å². The van der Waals surface area contributed by atoms with Crippen LogP contribution in [0.25, 0.3) is 0 Å². The normalized spacial score (nSPS) is 15.1. The molecule has 2 aromatic carbocycles. The fraction of sp³-hybridized carbons (Fsp3) is 0.400. The van der Waals surface area contributed by atoms with Gasteiger partial charge in [0, 0.05) is 19.0 Å². The van der Waals surface area contributed by atoms with Gasteiger partial charge in [0.25, 0.3) is 5.91 Å². The Bertz CT molecular complexity index is 1030. The molecule has 1 fully saturated rings. The van der Waals surface area contributed by atoms with Gasteiger partial charge in [-0.15, -0.1) is 0 Å². The number of amides is 1. The average Bonchev–Trinajstić information content (AvgIpc) is 3.29. The van der Waals surface area contributed by atoms with Crippen molar-refractivity contribution in [2.45, 2.75) is 38.8 Å². The number of benzene rings is 2. The van der Waals surface area contributed by atoms with E-state index in [4.69, 9.17) is 14.0 Å². The molecule has 174 valence electrons. The molecule has 1 aromatic heterocycles. The molecule has 33 heavy (non-hydrogen) atoms. The number of likely N-dealkylation sites (tertiary alicyclic amines) is 1. The molecule has 1 saturated heterocycles. The topological polar surface area (TPSA) is 89.7 Å². The zero-order valence-corrected chi connectivity index (χ0v) is 19.1. The van der Waals surface area contributed by atoms with Crippen LogP contribution in [0.3, 0.4) is 0 Å². The SMILES string of the molecule is COc1ccc(C(CNC(=O)c2ccc(OCc3noc(C)n3)cc2)N2CCCCC2)cc1. The van der Waals surface area contributed by atoms with Crippen LogP contribution in [0.4, 0.5) is 0 Å². The fourth-order valence-electron chi connectivity index (χ4n) is 4.06. The maximum absolute atomic E-state index is 12.8. The first-order valence-electron chi connectivity index (χ1n) is 11.3. The number of ether oxygens (including phenoxy) is 2. The highest BCUT2D eigenvalue weighted by molar-refractivity contribution is 5.94. The third-order valence-electron chi connectivity index (χ3n) is 5.84. The van der Waals surface area contributed by atoms with Crippen molar-refractivity contribution in [1.29, 1.82) is 0 Å². The molecule has 8 nitrogen and oxygen atoms in total. The molecule has 2 heterocycles. The van der Waals surface area contributed by atoms with E-state index in [0.717, 1.165) is 18.8 Å². The summed E-state index contributed by atoms with van der Waals surface area (Å²) in [6.45, 7) is 4.56. The number of aromatic nitrogens is 2. The summed E-state index contributed by atoms with van der Waals surface area (Å²) in [6.07, 6.45) is 3.63. The van der Waals surface area contributed by atoms with Gasteiger partial charge in [-0.25, -0.2) is 0 Å². The van der Waals surface area contributed by atoms with Crippen molar-refractivity contribution >= 4 is 5.91 Å². The summed E-state index contributed by atoms with van der Waals surface area (Å²) in [4.78, 5) is 19.4. The van der Waals surface area contributed by atoms with Crippen LogP contribution in [0.1, 0.15) is 52.9 Å². The Morgan fingerprint density at radius 3 is 2.39 bits per heavy atom. The zero-order valence-electron chi connectivity index (χ0n) is 19.1. The van der Waals surface area contributed by atoms with Crippen molar-refractivity contribution in [2.24, 2.45) is 0 Å². The number of nitrogens with zero attached hydrogens (tertiary/aromatic N) is 3. The van der Waals surface area contributed by atoms with E-state index in [-0.39, 0.29) is 18.6 Å². The highest BCUT2D eigenvalue weighted by Crippen LogP contribution is 2.26. The fourth-order valence-corrected chi connectivity index (χ4v) is 4.06. The molecule has 8 heteroatoms. The molecule has 4 rings (SSSR count). The smallest absolute Gasteiger partial charge is 0.251 e. The predicted molar refractivity (Wildman–Crippen MR) is 123 cm³/mol. The largest absolute Gasteiger partial charge is 0.497 e. The molecule has 1 unspecified atom stereocenters. The lowest BCUT2D eigenvalue weighted by atomic mass is 10.0. The number of rotatable bonds is 9. The monoisotopic (exact) mass is 450 g/mol. The first kappa shape index (κ1) is 22.8. The van der Waals surface area contributed by atoms with Crippen LogP contribution in [-0.2, 0) is 6.61 Å². The molecule has 3 aromatic rings. The van der Waals surface area contributed by atoms with E-state index >= 15 is 0 Å². The molecule has 0 saturated carbocycles. The lowest BCUT2D eigenvalue weighted by Crippen LogP contribution is -2.40. The number of aryl methyl sites for hydroxylation is 1. The number of nitrogens with one attached hydrogen (secondary N) is 1. The van der Waals surface area contributed by atoms with Gasteiger partial charge in [0.05, 0.1) is 13.2 Å². The van der Waals surface area contributed by atoms with Gasteiger partial charge in [0.2, 0.25) is 11.7 Å². The van der Waals surface area contributed by atoms with Crippen molar-refractivity contribution in [3.8, 4) is 11.5 Å². The third kappa shape index (κ3) is 6.10. The lowest BCUT2D eigenvalue weighted by molar-refractivity contribution is 0.0924. The molecule has 0 radical (unpaired) electrons.